The first-order valence-corrected chi connectivity index (χ1v) is 10.9. The van der Waals surface area contributed by atoms with Crippen molar-refractivity contribution >= 4 is 22.5 Å². The summed E-state index contributed by atoms with van der Waals surface area (Å²) in [5.41, 5.74) is 5.97. The lowest BCUT2D eigenvalue weighted by molar-refractivity contribution is -0.0349. The molecule has 32 heavy (non-hydrogen) atoms. The summed E-state index contributed by atoms with van der Waals surface area (Å²) in [6, 6.07) is 16.5. The van der Waals surface area contributed by atoms with Crippen LogP contribution in [0, 0.1) is 13.8 Å². The van der Waals surface area contributed by atoms with E-state index in [1.165, 1.54) is 10.9 Å². The van der Waals surface area contributed by atoms with Crippen LogP contribution >= 0.6 is 0 Å². The van der Waals surface area contributed by atoms with Gasteiger partial charge < -0.3 is 10.1 Å². The molecule has 0 aliphatic carbocycles. The molecule has 1 saturated heterocycles. The number of hydrogen-bond donors (Lipinski definition) is 1. The van der Waals surface area contributed by atoms with Crippen LogP contribution in [0.1, 0.15) is 28.7 Å². The summed E-state index contributed by atoms with van der Waals surface area (Å²) < 4.78 is 6.03. The smallest absolute Gasteiger partial charge is 0.227 e. The summed E-state index contributed by atoms with van der Waals surface area (Å²) in [6.07, 6.45) is 3.60. The maximum Gasteiger partial charge on any atom is 0.227 e. The number of nitrogens with zero attached hydrogens (tertiary/aromatic N) is 5. The van der Waals surface area contributed by atoms with E-state index < -0.39 is 0 Å². The first-order chi connectivity index (χ1) is 15.6. The highest BCUT2D eigenvalue weighted by Crippen LogP contribution is 2.24. The Hall–Kier alpha value is -3.42. The molecule has 1 aliphatic heterocycles. The van der Waals surface area contributed by atoms with Crippen LogP contribution in [0.25, 0.3) is 10.9 Å². The van der Waals surface area contributed by atoms with Gasteiger partial charge >= 0.3 is 0 Å². The van der Waals surface area contributed by atoms with Gasteiger partial charge in [-0.05, 0) is 55.8 Å². The molecule has 0 spiro atoms. The fraction of sp³-hybridized carbons (Fsp3) is 0.280. The summed E-state index contributed by atoms with van der Waals surface area (Å²) in [5, 5.41) is 4.40. The molecule has 1 N–H and O–H groups in total. The van der Waals surface area contributed by atoms with Crippen LogP contribution in [0.5, 0.6) is 0 Å². The maximum atomic E-state index is 6.03. The van der Waals surface area contributed by atoms with E-state index >= 15 is 0 Å². The molecule has 0 amide bonds. The molecule has 4 aromatic rings. The van der Waals surface area contributed by atoms with E-state index in [4.69, 9.17) is 4.74 Å². The standard InChI is InChI=1S/C25H26N6O/c1-17-12-18(2)29-25(28-17)30-21-6-8-23(27-14-21)24-16-31(10-11-32-24)15-19-5-7-22-20(13-19)4-3-9-26-22/h3-9,12-14,24H,10-11,15-16H2,1-2H3,(H,28,29,30)/t24-/m1/s1. The average Bonchev–Trinajstić information content (AvgIpc) is 2.79. The molecule has 3 aromatic heterocycles. The Labute approximate surface area is 187 Å². The topological polar surface area (TPSA) is 76.1 Å². The predicted molar refractivity (Wildman–Crippen MR) is 125 cm³/mol. The van der Waals surface area contributed by atoms with Crippen molar-refractivity contribution in [2.75, 3.05) is 25.0 Å². The Bertz CT molecular complexity index is 1210. The second kappa shape index (κ2) is 8.98. The van der Waals surface area contributed by atoms with Crippen LogP contribution in [0.2, 0.25) is 0 Å². The average molecular weight is 427 g/mol. The number of pyridine rings is 2. The number of aromatic nitrogens is 4. The highest BCUT2D eigenvalue weighted by Gasteiger charge is 2.23. The van der Waals surface area contributed by atoms with E-state index in [1.54, 1.807) is 0 Å². The fourth-order valence-corrected chi connectivity index (χ4v) is 4.09. The molecule has 162 valence electrons. The van der Waals surface area contributed by atoms with Crippen molar-refractivity contribution < 1.29 is 4.74 Å². The molecule has 0 unspecified atom stereocenters. The minimum atomic E-state index is -0.0441. The molecule has 1 atom stereocenters. The first kappa shape index (κ1) is 20.5. The lowest BCUT2D eigenvalue weighted by Gasteiger charge is -2.32. The largest absolute Gasteiger partial charge is 0.369 e. The number of rotatable bonds is 5. The third kappa shape index (κ3) is 4.74. The molecule has 5 rings (SSSR count). The zero-order valence-electron chi connectivity index (χ0n) is 18.3. The molecular formula is C25H26N6O. The van der Waals surface area contributed by atoms with Gasteiger partial charge in [0.2, 0.25) is 5.95 Å². The van der Waals surface area contributed by atoms with E-state index in [1.807, 2.05) is 50.5 Å². The van der Waals surface area contributed by atoms with E-state index in [0.717, 1.165) is 47.9 Å². The van der Waals surface area contributed by atoms with Crippen molar-refractivity contribution in [2.24, 2.45) is 0 Å². The van der Waals surface area contributed by atoms with Crippen LogP contribution < -0.4 is 5.32 Å². The Morgan fingerprint density at radius 2 is 1.91 bits per heavy atom. The second-order valence-electron chi connectivity index (χ2n) is 8.20. The minimum absolute atomic E-state index is 0.0441. The molecular weight excluding hydrogens is 400 g/mol. The third-order valence-corrected chi connectivity index (χ3v) is 5.58. The highest BCUT2D eigenvalue weighted by atomic mass is 16.5. The fourth-order valence-electron chi connectivity index (χ4n) is 4.09. The van der Waals surface area contributed by atoms with Gasteiger partial charge in [0.1, 0.15) is 6.10 Å². The highest BCUT2D eigenvalue weighted by molar-refractivity contribution is 5.78. The monoisotopic (exact) mass is 426 g/mol. The van der Waals surface area contributed by atoms with Crippen LogP contribution in [-0.4, -0.2) is 44.5 Å². The van der Waals surface area contributed by atoms with Gasteiger partial charge in [0.25, 0.3) is 0 Å². The molecule has 0 saturated carbocycles. The predicted octanol–water partition coefficient (Wildman–Crippen LogP) is 4.35. The Morgan fingerprint density at radius 3 is 2.72 bits per heavy atom. The number of ether oxygens (including phenoxy) is 1. The summed E-state index contributed by atoms with van der Waals surface area (Å²) in [5.74, 6) is 0.586. The number of morpholine rings is 1. The van der Waals surface area contributed by atoms with Crippen molar-refractivity contribution in [3.05, 3.63) is 83.6 Å². The SMILES string of the molecule is Cc1cc(C)nc(Nc2ccc([C@H]3CN(Cc4ccc5ncccc5c4)CCO3)nc2)n1. The van der Waals surface area contributed by atoms with Gasteiger partial charge in [-0.1, -0.05) is 12.1 Å². The molecule has 0 bridgehead atoms. The van der Waals surface area contributed by atoms with Gasteiger partial charge in [0, 0.05) is 42.6 Å². The molecule has 0 radical (unpaired) electrons. The number of hydrogen-bond acceptors (Lipinski definition) is 7. The minimum Gasteiger partial charge on any atom is -0.369 e. The third-order valence-electron chi connectivity index (χ3n) is 5.58. The van der Waals surface area contributed by atoms with Crippen molar-refractivity contribution in [3.8, 4) is 0 Å². The quantitative estimate of drug-likeness (QED) is 0.508. The lowest BCUT2D eigenvalue weighted by atomic mass is 10.1. The zero-order valence-corrected chi connectivity index (χ0v) is 18.3. The molecule has 1 aliphatic rings. The van der Waals surface area contributed by atoms with E-state index in [-0.39, 0.29) is 6.10 Å². The number of fused-ring (bicyclic) bond motifs is 1. The van der Waals surface area contributed by atoms with Crippen molar-refractivity contribution in [3.63, 3.8) is 0 Å². The van der Waals surface area contributed by atoms with Gasteiger partial charge in [0.05, 0.1) is 29.7 Å². The Balaban J connectivity index is 1.24. The molecule has 7 heteroatoms. The number of benzene rings is 1. The normalized spacial score (nSPS) is 16.9. The van der Waals surface area contributed by atoms with Crippen molar-refractivity contribution in [2.45, 2.75) is 26.5 Å². The van der Waals surface area contributed by atoms with E-state index in [2.05, 4.69) is 54.4 Å². The molecule has 1 aromatic carbocycles. The molecule has 1 fully saturated rings. The van der Waals surface area contributed by atoms with Crippen LogP contribution in [0.4, 0.5) is 11.6 Å². The summed E-state index contributed by atoms with van der Waals surface area (Å²) in [6.45, 7) is 7.22. The maximum absolute atomic E-state index is 6.03. The van der Waals surface area contributed by atoms with Gasteiger partial charge in [-0.15, -0.1) is 0 Å². The van der Waals surface area contributed by atoms with E-state index in [9.17, 15) is 0 Å². The molecule has 4 heterocycles. The lowest BCUT2D eigenvalue weighted by Crippen LogP contribution is -2.38. The number of aryl methyl sites for hydroxylation is 2. The van der Waals surface area contributed by atoms with Crippen molar-refractivity contribution in [1.29, 1.82) is 0 Å². The first-order valence-electron chi connectivity index (χ1n) is 10.9. The van der Waals surface area contributed by atoms with E-state index in [0.29, 0.717) is 12.6 Å². The van der Waals surface area contributed by atoms with Gasteiger partial charge in [0.15, 0.2) is 0 Å². The second-order valence-corrected chi connectivity index (χ2v) is 8.20. The van der Waals surface area contributed by atoms with Crippen molar-refractivity contribution in [1.82, 2.24) is 24.8 Å². The summed E-state index contributed by atoms with van der Waals surface area (Å²) >= 11 is 0. The van der Waals surface area contributed by atoms with Gasteiger partial charge in [-0.25, -0.2) is 9.97 Å². The van der Waals surface area contributed by atoms with Gasteiger partial charge in [-0.3, -0.25) is 14.9 Å². The summed E-state index contributed by atoms with van der Waals surface area (Å²) in [4.78, 5) is 20.3. The van der Waals surface area contributed by atoms with Crippen LogP contribution in [0.15, 0.2) is 60.9 Å². The Morgan fingerprint density at radius 1 is 1.03 bits per heavy atom. The molecule has 7 nitrogen and oxygen atoms in total. The summed E-state index contributed by atoms with van der Waals surface area (Å²) in [7, 11) is 0. The number of nitrogens with one attached hydrogen (secondary N) is 1. The van der Waals surface area contributed by atoms with Crippen LogP contribution in [0.3, 0.4) is 0 Å². The Kier molecular flexibility index (Phi) is 5.75. The van der Waals surface area contributed by atoms with Crippen LogP contribution in [-0.2, 0) is 11.3 Å². The number of anilines is 2. The zero-order chi connectivity index (χ0) is 21.9. The van der Waals surface area contributed by atoms with Gasteiger partial charge in [-0.2, -0.15) is 0 Å².